The van der Waals surface area contributed by atoms with Gasteiger partial charge >= 0.3 is 5.97 Å². The molecule has 1 aromatic carbocycles. The van der Waals surface area contributed by atoms with Gasteiger partial charge in [0.05, 0.1) is 11.6 Å². The van der Waals surface area contributed by atoms with Crippen LogP contribution in [0.5, 0.6) is 5.75 Å². The van der Waals surface area contributed by atoms with Crippen LogP contribution in [0.4, 0.5) is 0 Å². The van der Waals surface area contributed by atoms with E-state index >= 15 is 0 Å². The lowest BCUT2D eigenvalue weighted by Crippen LogP contribution is -2.26. The van der Waals surface area contributed by atoms with Crippen LogP contribution < -0.4 is 4.74 Å². The van der Waals surface area contributed by atoms with E-state index in [-0.39, 0.29) is 6.61 Å². The van der Waals surface area contributed by atoms with Crippen LogP contribution in [0.25, 0.3) is 0 Å². The molecular weight excluding hydrogens is 304 g/mol. The van der Waals surface area contributed by atoms with E-state index in [1.165, 1.54) is 0 Å². The van der Waals surface area contributed by atoms with E-state index in [1.807, 2.05) is 6.07 Å². The number of carbonyl (C=O) groups excluding carboxylic acids is 1. The lowest BCUT2D eigenvalue weighted by molar-refractivity contribution is -0.152. The summed E-state index contributed by atoms with van der Waals surface area (Å²) in [6.07, 6.45) is 0.787. The number of hydrogen-bond donors (Lipinski definition) is 0. The minimum Gasteiger partial charge on any atom is -0.479 e. The Bertz CT molecular complexity index is 678. The van der Waals surface area contributed by atoms with Gasteiger partial charge < -0.3 is 9.47 Å². The monoisotopic (exact) mass is 316 g/mol. The maximum absolute atomic E-state index is 11.9. The number of nitriles is 1. The molecule has 22 heavy (non-hydrogen) atoms. The third-order valence-electron chi connectivity index (χ3n) is 2.80. The maximum atomic E-state index is 11.9. The number of aromatic nitrogens is 1. The molecular formula is C16H13ClN2O3. The van der Waals surface area contributed by atoms with Gasteiger partial charge in [0, 0.05) is 11.8 Å². The number of halogens is 1. The van der Waals surface area contributed by atoms with Gasteiger partial charge in [-0.15, -0.1) is 0 Å². The zero-order valence-corrected chi connectivity index (χ0v) is 12.6. The van der Waals surface area contributed by atoms with Crippen molar-refractivity contribution in [2.24, 2.45) is 0 Å². The van der Waals surface area contributed by atoms with Crippen LogP contribution in [-0.4, -0.2) is 17.1 Å². The van der Waals surface area contributed by atoms with Gasteiger partial charge in [0.15, 0.2) is 6.10 Å². The highest BCUT2D eigenvalue weighted by Crippen LogP contribution is 2.14. The zero-order chi connectivity index (χ0) is 15.9. The second-order valence-electron chi connectivity index (χ2n) is 4.49. The Hall–Kier alpha value is -2.58. The number of nitrogens with zero attached hydrogens (tertiary/aromatic N) is 2. The van der Waals surface area contributed by atoms with E-state index in [4.69, 9.17) is 26.3 Å². The molecule has 0 radical (unpaired) electrons. The molecule has 5 nitrogen and oxygen atoms in total. The molecule has 0 amide bonds. The summed E-state index contributed by atoms with van der Waals surface area (Å²) in [6.45, 7) is 1.70. The molecule has 1 atom stereocenters. The number of esters is 1. The molecule has 6 heteroatoms. The van der Waals surface area contributed by atoms with Gasteiger partial charge in [-0.2, -0.15) is 5.26 Å². The lowest BCUT2D eigenvalue weighted by atomic mass is 10.2. The quantitative estimate of drug-likeness (QED) is 0.626. The van der Waals surface area contributed by atoms with E-state index in [0.29, 0.717) is 16.5 Å². The van der Waals surface area contributed by atoms with Crippen molar-refractivity contribution in [1.29, 1.82) is 5.26 Å². The molecule has 1 unspecified atom stereocenters. The Morgan fingerprint density at radius 3 is 2.64 bits per heavy atom. The summed E-state index contributed by atoms with van der Waals surface area (Å²) in [5.74, 6) is 0.0101. The summed E-state index contributed by atoms with van der Waals surface area (Å²) in [6, 6.07) is 11.9. The van der Waals surface area contributed by atoms with Crippen molar-refractivity contribution in [3.8, 4) is 11.8 Å². The highest BCUT2D eigenvalue weighted by molar-refractivity contribution is 6.29. The van der Waals surface area contributed by atoms with Crippen LogP contribution in [-0.2, 0) is 16.1 Å². The highest BCUT2D eigenvalue weighted by Gasteiger charge is 2.16. The zero-order valence-electron chi connectivity index (χ0n) is 11.8. The van der Waals surface area contributed by atoms with Crippen molar-refractivity contribution in [3.63, 3.8) is 0 Å². The first-order valence-electron chi connectivity index (χ1n) is 6.52. The van der Waals surface area contributed by atoms with Crippen molar-refractivity contribution in [3.05, 3.63) is 58.9 Å². The van der Waals surface area contributed by atoms with Crippen molar-refractivity contribution >= 4 is 17.6 Å². The van der Waals surface area contributed by atoms with Crippen LogP contribution in [0.2, 0.25) is 5.15 Å². The molecule has 0 aliphatic carbocycles. The van der Waals surface area contributed by atoms with Gasteiger partial charge in [0.25, 0.3) is 0 Å². The molecule has 2 rings (SSSR count). The highest BCUT2D eigenvalue weighted by atomic mass is 35.5. The number of rotatable bonds is 5. The minimum atomic E-state index is -0.756. The summed E-state index contributed by atoms with van der Waals surface area (Å²) in [5, 5.41) is 9.10. The molecule has 0 bridgehead atoms. The van der Waals surface area contributed by atoms with Gasteiger partial charge in [-0.1, -0.05) is 17.7 Å². The Kier molecular flexibility index (Phi) is 5.34. The number of ether oxygens (including phenoxy) is 2. The average Bonchev–Trinajstić information content (AvgIpc) is 2.54. The third kappa shape index (κ3) is 4.47. The standard InChI is InChI=1S/C16H13ClN2O3/c1-11(22-14-5-2-12(8-18)3-6-14)16(20)21-10-13-4-7-15(17)19-9-13/h2-7,9,11H,10H2,1H3. The summed E-state index contributed by atoms with van der Waals surface area (Å²) in [4.78, 5) is 15.8. The Balaban J connectivity index is 1.86. The first-order chi connectivity index (χ1) is 10.6. The predicted octanol–water partition coefficient (Wildman–Crippen LogP) is 3.12. The molecule has 2 aromatic rings. The molecule has 0 aliphatic heterocycles. The smallest absolute Gasteiger partial charge is 0.347 e. The summed E-state index contributed by atoms with van der Waals surface area (Å²) in [5.41, 5.74) is 1.26. The molecule has 0 fully saturated rings. The van der Waals surface area contributed by atoms with E-state index in [2.05, 4.69) is 4.98 Å². The molecule has 0 spiro atoms. The van der Waals surface area contributed by atoms with Crippen LogP contribution in [0, 0.1) is 11.3 Å². The Labute approximate surface area is 133 Å². The van der Waals surface area contributed by atoms with Gasteiger partial charge in [0.1, 0.15) is 17.5 Å². The fraction of sp³-hybridized carbons (Fsp3) is 0.188. The van der Waals surface area contributed by atoms with Crippen LogP contribution in [0.15, 0.2) is 42.6 Å². The van der Waals surface area contributed by atoms with Crippen molar-refractivity contribution in [1.82, 2.24) is 4.98 Å². The molecule has 0 N–H and O–H groups in total. The molecule has 112 valence electrons. The van der Waals surface area contributed by atoms with Crippen molar-refractivity contribution in [2.75, 3.05) is 0 Å². The van der Waals surface area contributed by atoms with E-state index in [1.54, 1.807) is 49.5 Å². The van der Waals surface area contributed by atoms with Crippen LogP contribution >= 0.6 is 11.6 Å². The number of pyridine rings is 1. The van der Waals surface area contributed by atoms with Gasteiger partial charge in [-0.05, 0) is 37.3 Å². The van der Waals surface area contributed by atoms with Crippen LogP contribution in [0.3, 0.4) is 0 Å². The largest absolute Gasteiger partial charge is 0.479 e. The van der Waals surface area contributed by atoms with E-state index in [0.717, 1.165) is 5.56 Å². The topological polar surface area (TPSA) is 72.2 Å². The summed E-state index contributed by atoms with van der Waals surface area (Å²) in [7, 11) is 0. The lowest BCUT2D eigenvalue weighted by Gasteiger charge is -2.14. The molecule has 0 aliphatic rings. The van der Waals surface area contributed by atoms with Gasteiger partial charge in [-0.3, -0.25) is 0 Å². The van der Waals surface area contributed by atoms with Gasteiger partial charge in [0.2, 0.25) is 0 Å². The number of benzene rings is 1. The Morgan fingerprint density at radius 2 is 2.05 bits per heavy atom. The molecule has 0 saturated carbocycles. The average molecular weight is 317 g/mol. The molecule has 1 heterocycles. The SMILES string of the molecule is CC(Oc1ccc(C#N)cc1)C(=O)OCc1ccc(Cl)nc1. The van der Waals surface area contributed by atoms with Gasteiger partial charge in [-0.25, -0.2) is 9.78 Å². The molecule has 0 saturated heterocycles. The first-order valence-corrected chi connectivity index (χ1v) is 6.90. The fourth-order valence-corrected chi connectivity index (χ4v) is 1.74. The minimum absolute atomic E-state index is 0.101. The van der Waals surface area contributed by atoms with Crippen LogP contribution in [0.1, 0.15) is 18.1 Å². The summed E-state index contributed by atoms with van der Waals surface area (Å²) < 4.78 is 10.6. The summed E-state index contributed by atoms with van der Waals surface area (Å²) >= 11 is 5.68. The molecule has 1 aromatic heterocycles. The first kappa shape index (κ1) is 15.8. The third-order valence-corrected chi connectivity index (χ3v) is 3.02. The second-order valence-corrected chi connectivity index (χ2v) is 4.88. The van der Waals surface area contributed by atoms with E-state index in [9.17, 15) is 4.79 Å². The van der Waals surface area contributed by atoms with E-state index < -0.39 is 12.1 Å². The second kappa shape index (κ2) is 7.43. The normalized spacial score (nSPS) is 11.3. The predicted molar refractivity (Wildman–Crippen MR) is 80.3 cm³/mol. The van der Waals surface area contributed by atoms with Crippen molar-refractivity contribution in [2.45, 2.75) is 19.6 Å². The fourth-order valence-electron chi connectivity index (χ4n) is 1.62. The number of carbonyl (C=O) groups is 1. The number of hydrogen-bond acceptors (Lipinski definition) is 5. The Morgan fingerprint density at radius 1 is 1.32 bits per heavy atom. The van der Waals surface area contributed by atoms with Crippen molar-refractivity contribution < 1.29 is 14.3 Å². The maximum Gasteiger partial charge on any atom is 0.347 e.